The second kappa shape index (κ2) is 3.66. The van der Waals surface area contributed by atoms with Crippen LogP contribution in [0.4, 0.5) is 4.39 Å². The zero-order valence-electron chi connectivity index (χ0n) is 6.88. The molecule has 0 aliphatic carbocycles. The minimum absolute atomic E-state index is 0.405. The van der Waals surface area contributed by atoms with Crippen LogP contribution < -0.4 is 10.6 Å². The minimum atomic E-state index is -3.97. The second-order valence-corrected chi connectivity index (χ2v) is 4.16. The Morgan fingerprint density at radius 3 is 2.29 bits per heavy atom. The molecule has 0 aromatic heterocycles. The van der Waals surface area contributed by atoms with Gasteiger partial charge in [-0.25, -0.2) is 17.9 Å². The highest BCUT2D eigenvalue weighted by Crippen LogP contribution is 2.06. The van der Waals surface area contributed by atoms with Crippen LogP contribution in [-0.4, -0.2) is 25.6 Å². The molecule has 0 saturated heterocycles. The van der Waals surface area contributed by atoms with Gasteiger partial charge in [0.25, 0.3) is 0 Å². The maximum Gasteiger partial charge on any atom is 0.491 e. The molecule has 0 atom stereocenters. The highest BCUT2D eigenvalue weighted by Gasteiger charge is 2.18. The summed E-state index contributed by atoms with van der Waals surface area (Å²) in [4.78, 5) is -0.417. The van der Waals surface area contributed by atoms with Crippen molar-refractivity contribution in [2.75, 3.05) is 0 Å². The van der Waals surface area contributed by atoms with Crippen LogP contribution in [0.15, 0.2) is 23.1 Å². The van der Waals surface area contributed by atoms with E-state index in [1.807, 2.05) is 0 Å². The molecule has 1 rings (SSSR count). The van der Waals surface area contributed by atoms with E-state index in [4.69, 9.17) is 15.2 Å². The fraction of sp³-hybridized carbons (Fsp3) is 0. The number of primary sulfonamides is 1. The summed E-state index contributed by atoms with van der Waals surface area (Å²) >= 11 is 0. The Labute approximate surface area is 80.2 Å². The lowest BCUT2D eigenvalue weighted by molar-refractivity contribution is 0.423. The van der Waals surface area contributed by atoms with Crippen LogP contribution in [0.5, 0.6) is 0 Å². The Morgan fingerprint density at radius 1 is 1.36 bits per heavy atom. The van der Waals surface area contributed by atoms with Gasteiger partial charge in [-0.3, -0.25) is 0 Å². The summed E-state index contributed by atoms with van der Waals surface area (Å²) in [5.74, 6) is -1.04. The first kappa shape index (κ1) is 11.1. The van der Waals surface area contributed by atoms with Crippen LogP contribution in [0.25, 0.3) is 0 Å². The van der Waals surface area contributed by atoms with Crippen molar-refractivity contribution in [3.8, 4) is 0 Å². The Kier molecular flexibility index (Phi) is 2.91. The maximum absolute atomic E-state index is 13.0. The van der Waals surface area contributed by atoms with E-state index in [1.165, 1.54) is 0 Å². The predicted octanol–water partition coefficient (Wildman–Crippen LogP) is -1.85. The zero-order chi connectivity index (χ0) is 10.9. The average molecular weight is 219 g/mol. The number of sulfonamides is 1. The van der Waals surface area contributed by atoms with Crippen molar-refractivity contribution in [2.24, 2.45) is 5.14 Å². The molecule has 1 aromatic carbocycles. The van der Waals surface area contributed by atoms with Gasteiger partial charge in [0.1, 0.15) is 5.82 Å². The van der Waals surface area contributed by atoms with E-state index in [1.54, 1.807) is 0 Å². The van der Waals surface area contributed by atoms with E-state index >= 15 is 0 Å². The lowest BCUT2D eigenvalue weighted by Crippen LogP contribution is -2.33. The maximum atomic E-state index is 13.0. The second-order valence-electron chi connectivity index (χ2n) is 2.60. The topological polar surface area (TPSA) is 101 Å². The van der Waals surface area contributed by atoms with Crippen molar-refractivity contribution < 1.29 is 22.9 Å². The smallest absolute Gasteiger partial charge is 0.423 e. The zero-order valence-corrected chi connectivity index (χ0v) is 7.70. The molecule has 4 N–H and O–H groups in total. The van der Waals surface area contributed by atoms with E-state index in [-0.39, 0.29) is 0 Å². The lowest BCUT2D eigenvalue weighted by atomic mass is 9.80. The largest absolute Gasteiger partial charge is 0.491 e. The molecular formula is C6H7BFNO4S. The Hall–Kier alpha value is -0.955. The molecule has 0 bridgehead atoms. The van der Waals surface area contributed by atoms with E-state index in [0.717, 1.165) is 12.1 Å². The summed E-state index contributed by atoms with van der Waals surface area (Å²) in [6, 6.07) is 2.57. The molecule has 0 aliphatic rings. The van der Waals surface area contributed by atoms with Gasteiger partial charge in [-0.1, -0.05) is 6.07 Å². The first-order valence-corrected chi connectivity index (χ1v) is 5.05. The first-order chi connectivity index (χ1) is 6.32. The Bertz CT molecular complexity index is 447. The van der Waals surface area contributed by atoms with Crippen molar-refractivity contribution in [3.63, 3.8) is 0 Å². The van der Waals surface area contributed by atoms with Crippen molar-refractivity contribution in [2.45, 2.75) is 4.90 Å². The number of nitrogens with two attached hydrogens (primary N) is 1. The third-order valence-corrected chi connectivity index (χ3v) is 2.49. The lowest BCUT2D eigenvalue weighted by Gasteiger charge is -2.03. The molecule has 1 aromatic rings. The predicted molar refractivity (Wildman–Crippen MR) is 47.6 cm³/mol. The number of hydrogen-bond acceptors (Lipinski definition) is 4. The quantitative estimate of drug-likeness (QED) is 0.508. The van der Waals surface area contributed by atoms with Gasteiger partial charge in [0, 0.05) is 5.46 Å². The van der Waals surface area contributed by atoms with Crippen LogP contribution in [0, 0.1) is 5.82 Å². The number of hydrogen-bond donors (Lipinski definition) is 3. The highest BCUT2D eigenvalue weighted by atomic mass is 32.2. The summed E-state index contributed by atoms with van der Waals surface area (Å²) in [6.07, 6.45) is 0. The number of benzene rings is 1. The van der Waals surface area contributed by atoms with Gasteiger partial charge in [-0.05, 0) is 12.1 Å². The van der Waals surface area contributed by atoms with Crippen LogP contribution >= 0.6 is 0 Å². The van der Waals surface area contributed by atoms with Crippen molar-refractivity contribution in [3.05, 3.63) is 24.0 Å². The van der Waals surface area contributed by atoms with Gasteiger partial charge < -0.3 is 10.0 Å². The molecule has 0 aliphatic heterocycles. The molecular weight excluding hydrogens is 212 g/mol. The molecule has 0 saturated carbocycles. The fourth-order valence-corrected chi connectivity index (χ4v) is 1.42. The van der Waals surface area contributed by atoms with E-state index in [2.05, 4.69) is 0 Å². The Morgan fingerprint density at radius 2 is 1.93 bits per heavy atom. The summed E-state index contributed by atoms with van der Waals surface area (Å²) in [7, 11) is -5.95. The van der Waals surface area contributed by atoms with Crippen molar-refractivity contribution in [1.29, 1.82) is 0 Å². The van der Waals surface area contributed by atoms with Gasteiger partial charge >= 0.3 is 7.12 Å². The van der Waals surface area contributed by atoms with Gasteiger partial charge in [-0.2, -0.15) is 0 Å². The summed E-state index contributed by atoms with van der Waals surface area (Å²) < 4.78 is 34.5. The number of rotatable bonds is 2. The first-order valence-electron chi connectivity index (χ1n) is 3.51. The van der Waals surface area contributed by atoms with Crippen LogP contribution in [-0.2, 0) is 10.0 Å². The van der Waals surface area contributed by atoms with E-state index in [9.17, 15) is 12.8 Å². The molecule has 0 spiro atoms. The number of halogens is 1. The normalized spacial score (nSPS) is 11.4. The van der Waals surface area contributed by atoms with Crippen LogP contribution in [0.3, 0.4) is 0 Å². The monoisotopic (exact) mass is 219 g/mol. The van der Waals surface area contributed by atoms with Crippen molar-refractivity contribution >= 4 is 22.6 Å². The molecule has 0 heterocycles. The summed E-state index contributed by atoms with van der Waals surface area (Å²) in [6.45, 7) is 0. The van der Waals surface area contributed by atoms with Gasteiger partial charge in [0.15, 0.2) is 0 Å². The highest BCUT2D eigenvalue weighted by molar-refractivity contribution is 7.89. The molecule has 5 nitrogen and oxygen atoms in total. The van der Waals surface area contributed by atoms with Crippen LogP contribution in [0.1, 0.15) is 0 Å². The molecule has 8 heteroatoms. The molecule has 0 amide bonds. The fourth-order valence-electron chi connectivity index (χ4n) is 0.894. The molecule has 0 radical (unpaired) electrons. The van der Waals surface area contributed by atoms with E-state index in [0.29, 0.717) is 6.07 Å². The average Bonchev–Trinajstić information content (AvgIpc) is 2.01. The summed E-state index contributed by atoms with van der Waals surface area (Å²) in [5, 5.41) is 22.0. The minimum Gasteiger partial charge on any atom is -0.423 e. The van der Waals surface area contributed by atoms with Gasteiger partial charge in [-0.15, -0.1) is 0 Å². The van der Waals surface area contributed by atoms with Crippen LogP contribution in [0.2, 0.25) is 0 Å². The third-order valence-electron chi connectivity index (χ3n) is 1.58. The standard InChI is InChI=1S/C6H7BFNO4S/c8-6-3-4(14(9,12)13)1-2-5(6)7(10)11/h1-3,10-11H,(H2,9,12,13). The molecule has 0 fully saturated rings. The summed E-state index contributed by atoms with van der Waals surface area (Å²) in [5.41, 5.74) is -0.405. The molecule has 0 unspecified atom stereocenters. The van der Waals surface area contributed by atoms with Crippen molar-refractivity contribution in [1.82, 2.24) is 0 Å². The molecule has 14 heavy (non-hydrogen) atoms. The Balaban J connectivity index is 3.27. The van der Waals surface area contributed by atoms with Gasteiger partial charge in [0.2, 0.25) is 10.0 Å². The molecule has 76 valence electrons. The van der Waals surface area contributed by atoms with Gasteiger partial charge in [0.05, 0.1) is 4.90 Å². The van der Waals surface area contributed by atoms with E-state index < -0.39 is 33.3 Å². The third kappa shape index (κ3) is 2.29. The SMILES string of the molecule is NS(=O)(=O)c1ccc(B(O)O)c(F)c1.